The average Bonchev–Trinajstić information content (AvgIpc) is 2.43. The van der Waals surface area contributed by atoms with Crippen LogP contribution in [0.15, 0.2) is 42.5 Å². The maximum atomic E-state index is 3.18. The predicted molar refractivity (Wildman–Crippen MR) is 84.0 cm³/mol. The monoisotopic (exact) mass is 254 g/mol. The molecule has 1 N–H and O–H groups in total. The molecule has 0 aliphatic rings. The summed E-state index contributed by atoms with van der Waals surface area (Å²) in [5.41, 5.74) is 6.43. The van der Waals surface area contributed by atoms with E-state index >= 15 is 0 Å². The zero-order valence-corrected chi connectivity index (χ0v) is 12.2. The lowest BCUT2D eigenvalue weighted by Crippen LogP contribution is -2.17. The van der Waals surface area contributed by atoms with E-state index in [0.29, 0.717) is 0 Å². The van der Waals surface area contributed by atoms with Crippen molar-refractivity contribution in [3.8, 4) is 0 Å². The quantitative estimate of drug-likeness (QED) is 0.887. The molecule has 2 aromatic carbocycles. The van der Waals surface area contributed by atoms with E-state index in [-0.39, 0.29) is 0 Å². The highest BCUT2D eigenvalue weighted by atomic mass is 15.1. The van der Waals surface area contributed by atoms with Gasteiger partial charge in [-0.1, -0.05) is 29.8 Å². The Morgan fingerprint density at radius 3 is 2.58 bits per heavy atom. The molecule has 2 heteroatoms. The second kappa shape index (κ2) is 5.79. The van der Waals surface area contributed by atoms with E-state index < -0.39 is 0 Å². The Kier molecular flexibility index (Phi) is 4.10. The maximum absolute atomic E-state index is 3.18. The van der Waals surface area contributed by atoms with Crippen molar-refractivity contribution >= 4 is 11.4 Å². The van der Waals surface area contributed by atoms with Crippen LogP contribution in [0.3, 0.4) is 0 Å². The van der Waals surface area contributed by atoms with Crippen LogP contribution in [-0.2, 0) is 6.54 Å². The van der Waals surface area contributed by atoms with Crippen LogP contribution in [0.4, 0.5) is 11.4 Å². The van der Waals surface area contributed by atoms with Gasteiger partial charge in [0.2, 0.25) is 0 Å². The van der Waals surface area contributed by atoms with E-state index in [1.54, 1.807) is 0 Å². The SMILES string of the molecule is CNc1cccc(N(C)Cc2cc(C)ccc2C)c1. The minimum absolute atomic E-state index is 0.931. The first kappa shape index (κ1) is 13.5. The van der Waals surface area contributed by atoms with Gasteiger partial charge in [-0.2, -0.15) is 0 Å². The van der Waals surface area contributed by atoms with Gasteiger partial charge in [-0.3, -0.25) is 0 Å². The number of benzene rings is 2. The van der Waals surface area contributed by atoms with Crippen molar-refractivity contribution in [3.63, 3.8) is 0 Å². The molecule has 0 saturated heterocycles. The Labute approximate surface area is 116 Å². The highest BCUT2D eigenvalue weighted by Gasteiger charge is 2.05. The number of aryl methyl sites for hydroxylation is 2. The number of anilines is 2. The zero-order valence-electron chi connectivity index (χ0n) is 12.2. The van der Waals surface area contributed by atoms with Crippen LogP contribution in [0.2, 0.25) is 0 Å². The fourth-order valence-corrected chi connectivity index (χ4v) is 2.22. The lowest BCUT2D eigenvalue weighted by Gasteiger charge is -2.21. The third kappa shape index (κ3) is 3.28. The normalized spacial score (nSPS) is 10.3. The summed E-state index contributed by atoms with van der Waals surface area (Å²) in [5, 5.41) is 3.18. The zero-order chi connectivity index (χ0) is 13.8. The highest BCUT2D eigenvalue weighted by Crippen LogP contribution is 2.21. The fraction of sp³-hybridized carbons (Fsp3) is 0.294. The van der Waals surface area contributed by atoms with Crippen LogP contribution in [0.1, 0.15) is 16.7 Å². The molecule has 100 valence electrons. The average molecular weight is 254 g/mol. The molecule has 2 nitrogen and oxygen atoms in total. The number of hydrogen-bond donors (Lipinski definition) is 1. The van der Waals surface area contributed by atoms with Crippen LogP contribution in [0.5, 0.6) is 0 Å². The topological polar surface area (TPSA) is 15.3 Å². The number of nitrogens with zero attached hydrogens (tertiary/aromatic N) is 1. The van der Waals surface area contributed by atoms with E-state index in [4.69, 9.17) is 0 Å². The Balaban J connectivity index is 2.20. The molecular weight excluding hydrogens is 232 g/mol. The Morgan fingerprint density at radius 1 is 1.05 bits per heavy atom. The van der Waals surface area contributed by atoms with Crippen LogP contribution in [0.25, 0.3) is 0 Å². The Hall–Kier alpha value is -1.96. The summed E-state index contributed by atoms with van der Waals surface area (Å²) in [6, 6.07) is 15.1. The second-order valence-electron chi connectivity index (χ2n) is 5.09. The fourth-order valence-electron chi connectivity index (χ4n) is 2.22. The van der Waals surface area contributed by atoms with Crippen LogP contribution >= 0.6 is 0 Å². The Morgan fingerprint density at radius 2 is 1.84 bits per heavy atom. The van der Waals surface area contributed by atoms with E-state index in [1.165, 1.54) is 22.4 Å². The van der Waals surface area contributed by atoms with Crippen LogP contribution in [-0.4, -0.2) is 14.1 Å². The molecule has 0 aliphatic heterocycles. The van der Waals surface area contributed by atoms with Crippen molar-refractivity contribution < 1.29 is 0 Å². The van der Waals surface area contributed by atoms with E-state index in [2.05, 4.69) is 73.6 Å². The molecular formula is C17H22N2. The van der Waals surface area contributed by atoms with E-state index in [0.717, 1.165) is 12.2 Å². The van der Waals surface area contributed by atoms with Gasteiger partial charge in [-0.15, -0.1) is 0 Å². The summed E-state index contributed by atoms with van der Waals surface area (Å²) in [6.07, 6.45) is 0. The van der Waals surface area contributed by atoms with Crippen LogP contribution < -0.4 is 10.2 Å². The summed E-state index contributed by atoms with van der Waals surface area (Å²) in [6.45, 7) is 5.25. The predicted octanol–water partition coefficient (Wildman–Crippen LogP) is 3.98. The molecule has 2 aromatic rings. The van der Waals surface area contributed by atoms with Crippen molar-refractivity contribution in [1.82, 2.24) is 0 Å². The van der Waals surface area contributed by atoms with Gasteiger partial charge < -0.3 is 10.2 Å². The van der Waals surface area contributed by atoms with Gasteiger partial charge in [0.1, 0.15) is 0 Å². The lowest BCUT2D eigenvalue weighted by molar-refractivity contribution is 0.913. The van der Waals surface area contributed by atoms with Crippen molar-refractivity contribution in [2.75, 3.05) is 24.3 Å². The smallest absolute Gasteiger partial charge is 0.0428 e. The first-order valence-corrected chi connectivity index (χ1v) is 6.65. The maximum Gasteiger partial charge on any atom is 0.0428 e. The second-order valence-corrected chi connectivity index (χ2v) is 5.09. The molecule has 0 aliphatic carbocycles. The number of hydrogen-bond acceptors (Lipinski definition) is 2. The summed E-state index contributed by atoms with van der Waals surface area (Å²) < 4.78 is 0. The largest absolute Gasteiger partial charge is 0.388 e. The molecule has 0 spiro atoms. The molecule has 0 amide bonds. The summed E-state index contributed by atoms with van der Waals surface area (Å²) in [4.78, 5) is 2.28. The molecule has 0 aromatic heterocycles. The molecule has 19 heavy (non-hydrogen) atoms. The highest BCUT2D eigenvalue weighted by molar-refractivity contribution is 5.57. The van der Waals surface area contributed by atoms with Crippen molar-refractivity contribution in [2.45, 2.75) is 20.4 Å². The van der Waals surface area contributed by atoms with Gasteiger partial charge in [0.25, 0.3) is 0 Å². The number of nitrogens with one attached hydrogen (secondary N) is 1. The van der Waals surface area contributed by atoms with E-state index in [9.17, 15) is 0 Å². The summed E-state index contributed by atoms with van der Waals surface area (Å²) in [7, 11) is 4.08. The first-order valence-electron chi connectivity index (χ1n) is 6.65. The van der Waals surface area contributed by atoms with Gasteiger partial charge in [0.05, 0.1) is 0 Å². The minimum Gasteiger partial charge on any atom is -0.388 e. The summed E-state index contributed by atoms with van der Waals surface area (Å²) in [5.74, 6) is 0. The molecule has 0 saturated carbocycles. The standard InChI is InChI=1S/C17H22N2/c1-13-8-9-14(2)15(10-13)12-19(4)17-7-5-6-16(11-17)18-3/h5-11,18H,12H2,1-4H3. The lowest BCUT2D eigenvalue weighted by atomic mass is 10.1. The first-order chi connectivity index (χ1) is 9.10. The van der Waals surface area contributed by atoms with Gasteiger partial charge in [0, 0.05) is 32.0 Å². The molecule has 2 rings (SSSR count). The summed E-state index contributed by atoms with van der Waals surface area (Å²) >= 11 is 0. The third-order valence-corrected chi connectivity index (χ3v) is 3.49. The molecule has 0 fully saturated rings. The van der Waals surface area contributed by atoms with E-state index in [1.807, 2.05) is 7.05 Å². The van der Waals surface area contributed by atoms with Gasteiger partial charge in [0.15, 0.2) is 0 Å². The van der Waals surface area contributed by atoms with Crippen molar-refractivity contribution in [1.29, 1.82) is 0 Å². The molecule has 0 radical (unpaired) electrons. The van der Waals surface area contributed by atoms with Crippen molar-refractivity contribution in [3.05, 3.63) is 59.2 Å². The number of rotatable bonds is 4. The Bertz CT molecular complexity index is 561. The van der Waals surface area contributed by atoms with Gasteiger partial charge in [-0.25, -0.2) is 0 Å². The molecule has 0 atom stereocenters. The van der Waals surface area contributed by atoms with Gasteiger partial charge in [-0.05, 0) is 43.2 Å². The molecule has 0 bridgehead atoms. The van der Waals surface area contributed by atoms with Gasteiger partial charge >= 0.3 is 0 Å². The van der Waals surface area contributed by atoms with Crippen LogP contribution in [0, 0.1) is 13.8 Å². The molecule has 0 unspecified atom stereocenters. The molecule has 0 heterocycles. The van der Waals surface area contributed by atoms with Crippen molar-refractivity contribution in [2.24, 2.45) is 0 Å². The minimum atomic E-state index is 0.931. The third-order valence-electron chi connectivity index (χ3n) is 3.49.